The number of aryl methyl sites for hydroxylation is 1. The number of hydrogen-bond donors (Lipinski definition) is 0. The van der Waals surface area contributed by atoms with E-state index in [4.69, 9.17) is 0 Å². The van der Waals surface area contributed by atoms with Gasteiger partial charge in [-0.25, -0.2) is 8.42 Å². The van der Waals surface area contributed by atoms with Crippen LogP contribution in [0.4, 0.5) is 0 Å². The van der Waals surface area contributed by atoms with Crippen molar-refractivity contribution in [1.29, 1.82) is 0 Å². The maximum absolute atomic E-state index is 12.3. The average molecular weight is 253 g/mol. The van der Waals surface area contributed by atoms with Gasteiger partial charge in [-0.1, -0.05) is 18.2 Å². The summed E-state index contributed by atoms with van der Waals surface area (Å²) in [5, 5.41) is 0. The minimum atomic E-state index is -3.51. The zero-order valence-corrected chi connectivity index (χ0v) is 10.5. The molecule has 1 fully saturated rings. The van der Waals surface area contributed by atoms with Crippen LogP contribution in [0, 0.1) is 6.92 Å². The Bertz CT molecular complexity index is 536. The lowest BCUT2D eigenvalue weighted by molar-refractivity contribution is -0.120. The minimum Gasteiger partial charge on any atom is -0.298 e. The summed E-state index contributed by atoms with van der Waals surface area (Å²) < 4.78 is 25.9. The summed E-state index contributed by atoms with van der Waals surface area (Å²) in [7, 11) is -3.51. The highest BCUT2D eigenvalue weighted by Gasteiger charge is 2.29. The second kappa shape index (κ2) is 4.58. The molecule has 0 amide bonds. The van der Waals surface area contributed by atoms with Crippen molar-refractivity contribution in [3.8, 4) is 0 Å². The van der Waals surface area contributed by atoms with Crippen molar-refractivity contribution in [2.24, 2.45) is 0 Å². The Morgan fingerprint density at radius 1 is 1.24 bits per heavy atom. The molecule has 1 aromatic rings. The number of hydrogen-bond acceptors (Lipinski definition) is 3. The molecule has 4 nitrogen and oxygen atoms in total. The van der Waals surface area contributed by atoms with Crippen molar-refractivity contribution in [3.63, 3.8) is 0 Å². The van der Waals surface area contributed by atoms with Crippen LogP contribution in [0.5, 0.6) is 0 Å². The second-order valence-electron chi connectivity index (χ2n) is 4.25. The van der Waals surface area contributed by atoms with Gasteiger partial charge in [0.25, 0.3) is 0 Å². The molecule has 1 heterocycles. The Labute approximate surface area is 101 Å². The standard InChI is InChI=1S/C12H15NO3S/c1-10-5-2-3-7-12(10)17(15,16)13-8-4-6-11(14)9-13/h2-3,5,7H,4,6,8-9H2,1H3. The topological polar surface area (TPSA) is 54.5 Å². The molecule has 0 radical (unpaired) electrons. The number of nitrogens with zero attached hydrogens (tertiary/aromatic N) is 1. The highest BCUT2D eigenvalue weighted by atomic mass is 32.2. The van der Waals surface area contributed by atoms with Gasteiger partial charge in [0.1, 0.15) is 5.78 Å². The van der Waals surface area contributed by atoms with Crippen molar-refractivity contribution in [2.45, 2.75) is 24.7 Å². The Hall–Kier alpha value is -1.20. The predicted molar refractivity (Wildman–Crippen MR) is 64.2 cm³/mol. The summed E-state index contributed by atoms with van der Waals surface area (Å²) in [5.41, 5.74) is 0.713. The van der Waals surface area contributed by atoms with Gasteiger partial charge >= 0.3 is 0 Å². The second-order valence-corrected chi connectivity index (χ2v) is 6.15. The lowest BCUT2D eigenvalue weighted by Gasteiger charge is -2.25. The fourth-order valence-electron chi connectivity index (χ4n) is 2.00. The Morgan fingerprint density at radius 3 is 2.59 bits per heavy atom. The third kappa shape index (κ3) is 2.40. The molecule has 17 heavy (non-hydrogen) atoms. The smallest absolute Gasteiger partial charge is 0.243 e. The lowest BCUT2D eigenvalue weighted by atomic mass is 10.1. The molecule has 0 N–H and O–H groups in total. The Balaban J connectivity index is 2.36. The maximum atomic E-state index is 12.3. The number of rotatable bonds is 2. The van der Waals surface area contributed by atoms with Gasteiger partial charge in [0.05, 0.1) is 11.4 Å². The molecular weight excluding hydrogens is 238 g/mol. The molecule has 1 aliphatic heterocycles. The van der Waals surface area contributed by atoms with Crippen LogP contribution in [0.2, 0.25) is 0 Å². The van der Waals surface area contributed by atoms with Crippen LogP contribution in [0.3, 0.4) is 0 Å². The van der Waals surface area contributed by atoms with E-state index < -0.39 is 10.0 Å². The van der Waals surface area contributed by atoms with E-state index in [0.29, 0.717) is 29.8 Å². The minimum absolute atomic E-state index is 0.00610. The normalized spacial score (nSPS) is 18.3. The number of benzene rings is 1. The van der Waals surface area contributed by atoms with E-state index in [-0.39, 0.29) is 12.3 Å². The Morgan fingerprint density at radius 2 is 1.94 bits per heavy atom. The van der Waals surface area contributed by atoms with Crippen LogP contribution in [-0.2, 0) is 14.8 Å². The lowest BCUT2D eigenvalue weighted by Crippen LogP contribution is -2.40. The summed E-state index contributed by atoms with van der Waals surface area (Å²) in [6.45, 7) is 2.21. The van der Waals surface area contributed by atoms with E-state index in [2.05, 4.69) is 0 Å². The van der Waals surface area contributed by atoms with Crippen LogP contribution in [0.15, 0.2) is 29.2 Å². The van der Waals surface area contributed by atoms with Gasteiger partial charge in [-0.2, -0.15) is 4.31 Å². The van der Waals surface area contributed by atoms with Crippen LogP contribution in [-0.4, -0.2) is 31.6 Å². The van der Waals surface area contributed by atoms with Crippen LogP contribution >= 0.6 is 0 Å². The first-order valence-electron chi connectivity index (χ1n) is 5.59. The van der Waals surface area contributed by atoms with Crippen LogP contribution < -0.4 is 0 Å². The van der Waals surface area contributed by atoms with Gasteiger partial charge < -0.3 is 0 Å². The van der Waals surface area contributed by atoms with E-state index in [0.717, 1.165) is 0 Å². The van der Waals surface area contributed by atoms with Crippen molar-refractivity contribution < 1.29 is 13.2 Å². The van der Waals surface area contributed by atoms with E-state index >= 15 is 0 Å². The summed E-state index contributed by atoms with van der Waals surface area (Å²) in [6, 6.07) is 6.85. The zero-order chi connectivity index (χ0) is 12.5. The van der Waals surface area contributed by atoms with Crippen LogP contribution in [0.1, 0.15) is 18.4 Å². The molecule has 92 valence electrons. The summed E-state index contributed by atoms with van der Waals surface area (Å²) >= 11 is 0. The van der Waals surface area contributed by atoms with E-state index in [1.807, 2.05) is 0 Å². The first-order chi connectivity index (χ1) is 8.01. The molecule has 0 bridgehead atoms. The monoisotopic (exact) mass is 253 g/mol. The first-order valence-corrected chi connectivity index (χ1v) is 7.03. The summed E-state index contributed by atoms with van der Waals surface area (Å²) in [6.07, 6.45) is 1.10. The van der Waals surface area contributed by atoms with Gasteiger partial charge in [-0.15, -0.1) is 0 Å². The quantitative estimate of drug-likeness (QED) is 0.799. The largest absolute Gasteiger partial charge is 0.298 e. The molecule has 0 spiro atoms. The van der Waals surface area contributed by atoms with Gasteiger partial charge in [0.2, 0.25) is 10.0 Å². The summed E-state index contributed by atoms with van der Waals surface area (Å²) in [4.78, 5) is 11.6. The number of ketones is 1. The molecule has 0 saturated carbocycles. The maximum Gasteiger partial charge on any atom is 0.243 e. The molecule has 2 rings (SSSR count). The molecule has 0 aliphatic carbocycles. The molecule has 1 saturated heterocycles. The predicted octanol–water partition coefficient (Wildman–Crippen LogP) is 1.35. The first kappa shape index (κ1) is 12.3. The number of carbonyl (C=O) groups excluding carboxylic acids is 1. The van der Waals surface area contributed by atoms with Gasteiger partial charge in [-0.3, -0.25) is 4.79 Å². The zero-order valence-electron chi connectivity index (χ0n) is 9.72. The number of piperidine rings is 1. The third-order valence-corrected chi connectivity index (χ3v) is 4.93. The fourth-order valence-corrected chi connectivity index (χ4v) is 3.68. The fraction of sp³-hybridized carbons (Fsp3) is 0.417. The molecule has 5 heteroatoms. The average Bonchev–Trinajstić information content (AvgIpc) is 2.29. The van der Waals surface area contributed by atoms with Gasteiger partial charge in [0, 0.05) is 13.0 Å². The van der Waals surface area contributed by atoms with Crippen molar-refractivity contribution in [1.82, 2.24) is 4.31 Å². The number of carbonyl (C=O) groups is 1. The molecular formula is C12H15NO3S. The molecule has 0 atom stereocenters. The van der Waals surface area contributed by atoms with Gasteiger partial charge in [-0.05, 0) is 25.0 Å². The van der Waals surface area contributed by atoms with E-state index in [1.54, 1.807) is 31.2 Å². The SMILES string of the molecule is Cc1ccccc1S(=O)(=O)N1CCCC(=O)C1. The highest BCUT2D eigenvalue weighted by Crippen LogP contribution is 2.21. The van der Waals surface area contributed by atoms with E-state index in [1.165, 1.54) is 4.31 Å². The molecule has 0 aromatic heterocycles. The molecule has 0 unspecified atom stereocenters. The van der Waals surface area contributed by atoms with Crippen molar-refractivity contribution >= 4 is 15.8 Å². The van der Waals surface area contributed by atoms with Crippen molar-refractivity contribution in [3.05, 3.63) is 29.8 Å². The van der Waals surface area contributed by atoms with E-state index in [9.17, 15) is 13.2 Å². The Kier molecular flexibility index (Phi) is 3.31. The molecule has 1 aliphatic rings. The summed E-state index contributed by atoms with van der Waals surface area (Å²) in [5.74, 6) is -0.00610. The van der Waals surface area contributed by atoms with Crippen molar-refractivity contribution in [2.75, 3.05) is 13.1 Å². The number of sulfonamides is 1. The van der Waals surface area contributed by atoms with Gasteiger partial charge in [0.15, 0.2) is 0 Å². The number of Topliss-reactive ketones (excluding diaryl/α,β-unsaturated/α-hetero) is 1. The third-order valence-electron chi connectivity index (χ3n) is 2.93. The van der Waals surface area contributed by atoms with Crippen LogP contribution in [0.25, 0.3) is 0 Å². The molecule has 1 aromatic carbocycles. The highest BCUT2D eigenvalue weighted by molar-refractivity contribution is 7.89.